The fraction of sp³-hybridized carbons (Fsp3) is 0.500. The van der Waals surface area contributed by atoms with Gasteiger partial charge in [-0.1, -0.05) is 18.2 Å². The largest absolute Gasteiger partial charge is 0.481 e. The molecule has 7 heteroatoms. The van der Waals surface area contributed by atoms with Crippen LogP contribution in [0.25, 0.3) is 0 Å². The van der Waals surface area contributed by atoms with Gasteiger partial charge in [-0.15, -0.1) is 0 Å². The van der Waals surface area contributed by atoms with Gasteiger partial charge in [0.2, 0.25) is 0 Å². The second kappa shape index (κ2) is 6.92. The predicted octanol–water partition coefficient (Wildman–Crippen LogP) is 1.54. The molecule has 4 N–H and O–H groups in total. The summed E-state index contributed by atoms with van der Waals surface area (Å²) >= 11 is 0. The summed E-state index contributed by atoms with van der Waals surface area (Å²) in [5.74, 6) is -1.45. The number of hydrogen-bond acceptors (Lipinski definition) is 4. The van der Waals surface area contributed by atoms with Crippen LogP contribution in [0.3, 0.4) is 0 Å². The molecule has 1 fully saturated rings. The van der Waals surface area contributed by atoms with E-state index in [1.807, 2.05) is 0 Å². The third kappa shape index (κ3) is 5.68. The van der Waals surface area contributed by atoms with Gasteiger partial charge in [-0.05, 0) is 32.1 Å². The van der Waals surface area contributed by atoms with Gasteiger partial charge in [0.15, 0.2) is 0 Å². The molecule has 0 radical (unpaired) electrons. The highest BCUT2D eigenvalue weighted by molar-refractivity contribution is 5.90. The van der Waals surface area contributed by atoms with Crippen LogP contribution in [-0.4, -0.2) is 34.9 Å². The summed E-state index contributed by atoms with van der Waals surface area (Å²) in [4.78, 5) is 31.3. The van der Waals surface area contributed by atoms with E-state index in [2.05, 4.69) is 4.74 Å². The maximum Gasteiger partial charge on any atom is 0.404 e. The van der Waals surface area contributed by atoms with Crippen molar-refractivity contribution in [1.29, 1.82) is 0 Å². The number of carboxylic acid groups (broad SMARTS) is 2. The third-order valence-electron chi connectivity index (χ3n) is 3.24. The molecule has 2 rings (SSSR count). The van der Waals surface area contributed by atoms with Crippen LogP contribution in [0.15, 0.2) is 23.8 Å². The summed E-state index contributed by atoms with van der Waals surface area (Å²) < 4.78 is 4.50. The third-order valence-corrected chi connectivity index (χ3v) is 3.24. The molecule has 0 aliphatic heterocycles. The van der Waals surface area contributed by atoms with Crippen LogP contribution in [0.1, 0.15) is 26.2 Å². The van der Waals surface area contributed by atoms with Gasteiger partial charge in [0.25, 0.3) is 0 Å². The zero-order valence-corrected chi connectivity index (χ0v) is 11.7. The Labute approximate surface area is 122 Å². The van der Waals surface area contributed by atoms with E-state index in [1.54, 1.807) is 0 Å². The van der Waals surface area contributed by atoms with Crippen LogP contribution < -0.4 is 5.73 Å². The van der Waals surface area contributed by atoms with Gasteiger partial charge in [0.05, 0.1) is 12.0 Å². The molecule has 7 nitrogen and oxygen atoms in total. The fourth-order valence-electron chi connectivity index (χ4n) is 1.67. The SMILES string of the molecule is CC1(C(=O)O)C=CC=C(C(=O)O)C1.NC(=O)OCC1CC1. The first-order valence-electron chi connectivity index (χ1n) is 6.52. The number of aliphatic carboxylic acids is 2. The number of rotatable bonds is 4. The molecule has 116 valence electrons. The molecule has 0 heterocycles. The Balaban J connectivity index is 0.000000235. The lowest BCUT2D eigenvalue weighted by molar-refractivity contribution is -0.145. The quantitative estimate of drug-likeness (QED) is 0.722. The molecule has 0 spiro atoms. The number of carbonyl (C=O) groups is 3. The predicted molar refractivity (Wildman–Crippen MR) is 73.5 cm³/mol. The topological polar surface area (TPSA) is 127 Å². The van der Waals surface area contributed by atoms with Gasteiger partial charge in [-0.2, -0.15) is 0 Å². The monoisotopic (exact) mass is 297 g/mol. The standard InChI is InChI=1S/C9H10O4.C5H9NO2/c1-9(8(12)13)4-2-3-6(5-9)7(10)11;6-5(7)8-3-4-1-2-4/h2-4H,5H2,1H3,(H,10,11)(H,12,13);4H,1-3H2,(H2,6,7). The highest BCUT2D eigenvalue weighted by Crippen LogP contribution is 2.31. The Kier molecular flexibility index (Phi) is 5.52. The fourth-order valence-corrected chi connectivity index (χ4v) is 1.67. The highest BCUT2D eigenvalue weighted by Gasteiger charge is 2.34. The van der Waals surface area contributed by atoms with Crippen LogP contribution >= 0.6 is 0 Å². The number of carboxylic acids is 2. The van der Waals surface area contributed by atoms with Crippen molar-refractivity contribution in [1.82, 2.24) is 0 Å². The molecule has 0 bridgehead atoms. The minimum absolute atomic E-state index is 0.0359. The lowest BCUT2D eigenvalue weighted by atomic mass is 9.80. The molecule has 2 aliphatic rings. The minimum atomic E-state index is -1.08. The molecule has 0 aromatic carbocycles. The van der Waals surface area contributed by atoms with E-state index in [0.717, 1.165) is 0 Å². The Morgan fingerprint density at radius 1 is 1.38 bits per heavy atom. The van der Waals surface area contributed by atoms with E-state index in [9.17, 15) is 14.4 Å². The molecule has 21 heavy (non-hydrogen) atoms. The number of nitrogens with two attached hydrogens (primary N) is 1. The van der Waals surface area contributed by atoms with Crippen molar-refractivity contribution in [3.05, 3.63) is 23.8 Å². The summed E-state index contributed by atoms with van der Waals surface area (Å²) in [7, 11) is 0. The van der Waals surface area contributed by atoms with E-state index in [1.165, 1.54) is 38.0 Å². The van der Waals surface area contributed by atoms with Crippen molar-refractivity contribution in [2.75, 3.05) is 6.61 Å². The maximum atomic E-state index is 10.8. The molecule has 0 aromatic rings. The maximum absolute atomic E-state index is 10.8. The average Bonchev–Trinajstić information content (AvgIpc) is 3.21. The van der Waals surface area contributed by atoms with Crippen LogP contribution in [0, 0.1) is 11.3 Å². The van der Waals surface area contributed by atoms with Crippen molar-refractivity contribution in [3.63, 3.8) is 0 Å². The van der Waals surface area contributed by atoms with Crippen molar-refractivity contribution in [2.45, 2.75) is 26.2 Å². The van der Waals surface area contributed by atoms with E-state index >= 15 is 0 Å². The number of ether oxygens (including phenoxy) is 1. The van der Waals surface area contributed by atoms with Crippen molar-refractivity contribution < 1.29 is 29.3 Å². The van der Waals surface area contributed by atoms with Gasteiger partial charge in [0, 0.05) is 5.57 Å². The summed E-state index contributed by atoms with van der Waals surface area (Å²) in [6.45, 7) is 2.02. The molecule has 2 aliphatic carbocycles. The molecule has 0 saturated heterocycles. The van der Waals surface area contributed by atoms with Gasteiger partial charge in [0.1, 0.15) is 0 Å². The Hall–Kier alpha value is -2.31. The first-order valence-corrected chi connectivity index (χ1v) is 6.52. The lowest BCUT2D eigenvalue weighted by Gasteiger charge is -2.23. The molecular weight excluding hydrogens is 278 g/mol. The van der Waals surface area contributed by atoms with Crippen molar-refractivity contribution in [2.24, 2.45) is 17.1 Å². The Bertz CT molecular complexity index is 492. The van der Waals surface area contributed by atoms with E-state index in [4.69, 9.17) is 15.9 Å². The van der Waals surface area contributed by atoms with Crippen LogP contribution in [0.2, 0.25) is 0 Å². The molecule has 1 unspecified atom stereocenters. The van der Waals surface area contributed by atoms with Gasteiger partial charge >= 0.3 is 18.0 Å². The minimum Gasteiger partial charge on any atom is -0.481 e. The van der Waals surface area contributed by atoms with Gasteiger partial charge in [-0.3, -0.25) is 4.79 Å². The Morgan fingerprint density at radius 3 is 2.43 bits per heavy atom. The highest BCUT2D eigenvalue weighted by atomic mass is 16.5. The number of primary amides is 1. The van der Waals surface area contributed by atoms with E-state index in [-0.39, 0.29) is 12.0 Å². The smallest absolute Gasteiger partial charge is 0.404 e. The molecular formula is C14H19NO6. The number of amides is 1. The van der Waals surface area contributed by atoms with Gasteiger partial charge in [-0.25, -0.2) is 9.59 Å². The first-order chi connectivity index (χ1) is 9.74. The lowest BCUT2D eigenvalue weighted by Crippen LogP contribution is -2.28. The van der Waals surface area contributed by atoms with Gasteiger partial charge < -0.3 is 20.7 Å². The molecule has 0 aromatic heterocycles. The van der Waals surface area contributed by atoms with Crippen LogP contribution in [0.4, 0.5) is 4.79 Å². The summed E-state index contributed by atoms with van der Waals surface area (Å²) in [5.41, 5.74) is 3.76. The molecule has 1 atom stereocenters. The zero-order chi connectivity index (χ0) is 16.0. The van der Waals surface area contributed by atoms with Crippen LogP contribution in [-0.2, 0) is 14.3 Å². The summed E-state index contributed by atoms with van der Waals surface area (Å²) in [6, 6.07) is 0. The average molecular weight is 297 g/mol. The zero-order valence-electron chi connectivity index (χ0n) is 11.7. The Morgan fingerprint density at radius 2 is 2.00 bits per heavy atom. The number of hydrogen-bond donors (Lipinski definition) is 3. The van der Waals surface area contributed by atoms with Crippen molar-refractivity contribution >= 4 is 18.0 Å². The van der Waals surface area contributed by atoms with E-state index < -0.39 is 23.4 Å². The van der Waals surface area contributed by atoms with Crippen LogP contribution in [0.5, 0.6) is 0 Å². The molecule has 1 saturated carbocycles. The second-order valence-electron chi connectivity index (χ2n) is 5.33. The summed E-state index contributed by atoms with van der Waals surface area (Å²) in [6.07, 6.45) is 6.15. The number of allylic oxidation sites excluding steroid dienone is 2. The van der Waals surface area contributed by atoms with E-state index in [0.29, 0.717) is 12.5 Å². The second-order valence-corrected chi connectivity index (χ2v) is 5.33. The number of carbonyl (C=O) groups excluding carboxylic acids is 1. The normalized spacial score (nSPS) is 23.4. The van der Waals surface area contributed by atoms with Crippen molar-refractivity contribution in [3.8, 4) is 0 Å². The molecule has 1 amide bonds. The first kappa shape index (κ1) is 16.7. The summed E-state index contributed by atoms with van der Waals surface area (Å²) in [5, 5.41) is 17.5.